The summed E-state index contributed by atoms with van der Waals surface area (Å²) in [5.41, 5.74) is 1.33. The average molecular weight is 493 g/mol. The van der Waals surface area contributed by atoms with Crippen molar-refractivity contribution >= 4 is 24.0 Å². The van der Waals surface area contributed by atoms with Crippen LogP contribution in [0.25, 0.3) is 6.08 Å². The largest absolute Gasteiger partial charge is 0.493 e. The highest BCUT2D eigenvalue weighted by molar-refractivity contribution is 5.91. The highest BCUT2D eigenvalue weighted by Crippen LogP contribution is 2.32. The molecule has 0 bridgehead atoms. The second-order valence-corrected chi connectivity index (χ2v) is 7.74. The standard InChI is InChI=1S/C28H28O8/c1-17(2)26(29)34-21-11-13-22(24(16-21)32-7)33-14-8-9-20-10-12-23(35-27(30)18(3)4)25(15-20)36-28(31)19(5)6/h8-13,15-16H,1,3,5,14H2,2,4,6-7H3/b9-8-. The molecule has 0 saturated carbocycles. The normalized spacial score (nSPS) is 10.3. The van der Waals surface area contributed by atoms with Crippen molar-refractivity contribution in [3.05, 3.63) is 84.5 Å². The zero-order valence-corrected chi connectivity index (χ0v) is 20.7. The van der Waals surface area contributed by atoms with Crippen molar-refractivity contribution < 1.29 is 38.1 Å². The Kier molecular flexibility index (Phi) is 9.80. The van der Waals surface area contributed by atoms with Crippen LogP contribution in [0.2, 0.25) is 0 Å². The smallest absolute Gasteiger partial charge is 0.338 e. The van der Waals surface area contributed by atoms with Gasteiger partial charge >= 0.3 is 17.9 Å². The minimum absolute atomic E-state index is 0.0576. The Balaban J connectivity index is 2.14. The topological polar surface area (TPSA) is 97.4 Å². The Morgan fingerprint density at radius 1 is 0.722 bits per heavy atom. The second kappa shape index (κ2) is 12.8. The lowest BCUT2D eigenvalue weighted by molar-refractivity contribution is -0.132. The molecule has 0 radical (unpaired) electrons. The summed E-state index contributed by atoms with van der Waals surface area (Å²) in [5.74, 6) is -0.589. The second-order valence-electron chi connectivity index (χ2n) is 7.74. The van der Waals surface area contributed by atoms with E-state index in [1.807, 2.05) is 0 Å². The van der Waals surface area contributed by atoms with Gasteiger partial charge in [-0.2, -0.15) is 0 Å². The average Bonchev–Trinajstić information content (AvgIpc) is 2.83. The lowest BCUT2D eigenvalue weighted by Crippen LogP contribution is -2.12. The summed E-state index contributed by atoms with van der Waals surface area (Å²) < 4.78 is 26.8. The van der Waals surface area contributed by atoms with Crippen molar-refractivity contribution in [3.63, 3.8) is 0 Å². The van der Waals surface area contributed by atoms with Crippen molar-refractivity contribution in [2.24, 2.45) is 0 Å². The summed E-state index contributed by atoms with van der Waals surface area (Å²) in [4.78, 5) is 35.6. The lowest BCUT2D eigenvalue weighted by atomic mass is 10.2. The van der Waals surface area contributed by atoms with E-state index in [9.17, 15) is 14.4 Å². The Morgan fingerprint density at radius 3 is 1.86 bits per heavy atom. The number of hydrogen-bond donors (Lipinski definition) is 0. The van der Waals surface area contributed by atoms with Crippen molar-refractivity contribution in [2.45, 2.75) is 20.8 Å². The van der Waals surface area contributed by atoms with Crippen LogP contribution in [-0.2, 0) is 14.4 Å². The summed E-state index contributed by atoms with van der Waals surface area (Å²) >= 11 is 0. The van der Waals surface area contributed by atoms with Gasteiger partial charge in [0.15, 0.2) is 23.0 Å². The van der Waals surface area contributed by atoms with Crippen molar-refractivity contribution in [2.75, 3.05) is 13.7 Å². The third-order valence-corrected chi connectivity index (χ3v) is 4.41. The Hall–Kier alpha value is -4.59. The van der Waals surface area contributed by atoms with Crippen molar-refractivity contribution in [1.29, 1.82) is 0 Å². The van der Waals surface area contributed by atoms with E-state index in [1.54, 1.807) is 43.3 Å². The predicted octanol–water partition coefficient (Wildman–Crippen LogP) is 5.23. The van der Waals surface area contributed by atoms with E-state index in [0.717, 1.165) is 0 Å². The van der Waals surface area contributed by atoms with Gasteiger partial charge in [-0.3, -0.25) is 0 Å². The molecule has 0 heterocycles. The first-order valence-electron chi connectivity index (χ1n) is 10.8. The van der Waals surface area contributed by atoms with Gasteiger partial charge in [0.2, 0.25) is 0 Å². The molecule has 8 heteroatoms. The fourth-order valence-electron chi connectivity index (χ4n) is 2.51. The maximum absolute atomic E-state index is 12.0. The van der Waals surface area contributed by atoms with Gasteiger partial charge in [0, 0.05) is 22.8 Å². The Labute approximate surface area is 210 Å². The lowest BCUT2D eigenvalue weighted by Gasteiger charge is -2.12. The highest BCUT2D eigenvalue weighted by atomic mass is 16.6. The molecule has 36 heavy (non-hydrogen) atoms. The van der Waals surface area contributed by atoms with E-state index in [1.165, 1.54) is 33.1 Å². The molecule has 0 N–H and O–H groups in total. The molecule has 2 aromatic rings. The zero-order valence-electron chi connectivity index (χ0n) is 20.7. The molecule has 0 aliphatic rings. The van der Waals surface area contributed by atoms with Crippen LogP contribution >= 0.6 is 0 Å². The van der Waals surface area contributed by atoms with Crippen LogP contribution in [0.15, 0.2) is 78.9 Å². The number of hydrogen-bond acceptors (Lipinski definition) is 8. The minimum Gasteiger partial charge on any atom is -0.493 e. The molecular weight excluding hydrogens is 464 g/mol. The van der Waals surface area contributed by atoms with Crippen LogP contribution in [0, 0.1) is 0 Å². The van der Waals surface area contributed by atoms with Gasteiger partial charge in [0.25, 0.3) is 0 Å². The van der Waals surface area contributed by atoms with Gasteiger partial charge in [-0.1, -0.05) is 31.9 Å². The number of benzene rings is 2. The summed E-state index contributed by atoms with van der Waals surface area (Å²) in [5, 5.41) is 0. The minimum atomic E-state index is -0.656. The quantitative estimate of drug-likeness (QED) is 0.239. The molecule has 0 aromatic heterocycles. The Morgan fingerprint density at radius 2 is 1.28 bits per heavy atom. The first-order chi connectivity index (χ1) is 17.0. The monoisotopic (exact) mass is 492 g/mol. The summed E-state index contributed by atoms with van der Waals surface area (Å²) in [6.45, 7) is 15.4. The molecule has 2 rings (SSSR count). The summed E-state index contributed by atoms with van der Waals surface area (Å²) in [7, 11) is 1.47. The van der Waals surface area contributed by atoms with Gasteiger partial charge in [0.1, 0.15) is 12.4 Å². The number of esters is 3. The molecular formula is C28H28O8. The van der Waals surface area contributed by atoms with Crippen LogP contribution in [0.3, 0.4) is 0 Å². The number of rotatable bonds is 11. The Bertz CT molecular complexity index is 1240. The van der Waals surface area contributed by atoms with Crippen LogP contribution in [0.1, 0.15) is 26.3 Å². The van der Waals surface area contributed by atoms with Crippen molar-refractivity contribution in [3.8, 4) is 28.7 Å². The third-order valence-electron chi connectivity index (χ3n) is 4.41. The molecule has 2 aromatic carbocycles. The van der Waals surface area contributed by atoms with E-state index >= 15 is 0 Å². The summed E-state index contributed by atoms with van der Waals surface area (Å²) in [6, 6.07) is 9.47. The third kappa shape index (κ3) is 8.02. The molecule has 0 unspecified atom stereocenters. The van der Waals surface area contributed by atoms with Gasteiger partial charge in [-0.05, 0) is 56.7 Å². The number of ether oxygens (including phenoxy) is 5. The SMILES string of the molecule is C=C(C)C(=O)Oc1ccc(OC/C=C\c2ccc(OC(=O)C(=C)C)c(OC(=O)C(=C)C)c2)c(OC)c1. The van der Waals surface area contributed by atoms with Gasteiger partial charge in [0.05, 0.1) is 7.11 Å². The molecule has 0 atom stereocenters. The fraction of sp³-hybridized carbons (Fsp3) is 0.179. The van der Waals surface area contributed by atoms with Crippen LogP contribution < -0.4 is 23.7 Å². The molecule has 188 valence electrons. The van der Waals surface area contributed by atoms with Crippen LogP contribution in [-0.4, -0.2) is 31.6 Å². The van der Waals surface area contributed by atoms with E-state index in [2.05, 4.69) is 19.7 Å². The van der Waals surface area contributed by atoms with Crippen LogP contribution in [0.5, 0.6) is 28.7 Å². The molecule has 0 saturated heterocycles. The summed E-state index contributed by atoms with van der Waals surface area (Å²) in [6.07, 6.45) is 3.46. The molecule has 0 fully saturated rings. The fourth-order valence-corrected chi connectivity index (χ4v) is 2.51. The van der Waals surface area contributed by atoms with Gasteiger partial charge < -0.3 is 23.7 Å². The molecule has 0 spiro atoms. The number of methoxy groups -OCH3 is 1. The van der Waals surface area contributed by atoms with Crippen molar-refractivity contribution in [1.82, 2.24) is 0 Å². The first kappa shape index (κ1) is 27.7. The van der Waals surface area contributed by atoms with E-state index in [-0.39, 0.29) is 34.8 Å². The number of carbonyl (C=O) groups is 3. The molecule has 8 nitrogen and oxygen atoms in total. The maximum atomic E-state index is 12.0. The van der Waals surface area contributed by atoms with E-state index in [4.69, 9.17) is 23.7 Å². The van der Waals surface area contributed by atoms with E-state index in [0.29, 0.717) is 22.8 Å². The predicted molar refractivity (Wildman–Crippen MR) is 135 cm³/mol. The van der Waals surface area contributed by atoms with E-state index < -0.39 is 17.9 Å². The molecule has 0 amide bonds. The zero-order chi connectivity index (χ0) is 26.8. The van der Waals surface area contributed by atoms with Crippen LogP contribution in [0.4, 0.5) is 0 Å². The molecule has 0 aliphatic carbocycles. The van der Waals surface area contributed by atoms with Gasteiger partial charge in [-0.25, -0.2) is 14.4 Å². The van der Waals surface area contributed by atoms with Gasteiger partial charge in [-0.15, -0.1) is 0 Å². The number of carbonyl (C=O) groups excluding carboxylic acids is 3. The molecule has 0 aliphatic heterocycles. The maximum Gasteiger partial charge on any atom is 0.338 e. The highest BCUT2D eigenvalue weighted by Gasteiger charge is 2.15. The first-order valence-corrected chi connectivity index (χ1v) is 10.8.